The molecule has 2 aliphatic rings. The van der Waals surface area contributed by atoms with Gasteiger partial charge in [0, 0.05) is 73.7 Å². The molecule has 86 heavy (non-hydrogen) atoms. The van der Waals surface area contributed by atoms with Crippen LogP contribution in [0.25, 0.3) is 18.2 Å². The number of carbonyl (C=O) groups excluding carboxylic acids is 5. The molecule has 6 N–H and O–H groups in total. The highest BCUT2D eigenvalue weighted by Gasteiger charge is 2.54. The number of benzene rings is 2. The molecule has 0 radical (unpaired) electrons. The molecule has 2 unspecified atom stereocenters. The third-order valence-corrected chi connectivity index (χ3v) is 15.3. The molecule has 3 aromatic heterocycles. The molecule has 0 saturated carbocycles. The van der Waals surface area contributed by atoms with Crippen LogP contribution in [0.1, 0.15) is 82.0 Å². The van der Waals surface area contributed by atoms with E-state index in [1.54, 1.807) is 54.4 Å². The van der Waals surface area contributed by atoms with Crippen molar-refractivity contribution in [3.8, 4) is 23.3 Å². The Kier molecular flexibility index (Phi) is 21.1. The van der Waals surface area contributed by atoms with Crippen molar-refractivity contribution in [3.05, 3.63) is 138 Å². The fourth-order valence-electron chi connectivity index (χ4n) is 9.45. The van der Waals surface area contributed by atoms with Crippen LogP contribution in [0.2, 0.25) is 0 Å². The Hall–Kier alpha value is -8.71. The Morgan fingerprint density at radius 2 is 1.69 bits per heavy atom. The largest absolute Gasteiger partial charge is 0.737 e. The highest BCUT2D eigenvalue weighted by atomic mass is 32.2. The van der Waals surface area contributed by atoms with Gasteiger partial charge in [0.25, 0.3) is 15.8 Å². The molecule has 0 bridgehead atoms. The minimum atomic E-state index is -4.74. The van der Waals surface area contributed by atoms with Crippen molar-refractivity contribution in [2.45, 2.75) is 51.7 Å². The van der Waals surface area contributed by atoms with Gasteiger partial charge in [0.05, 0.1) is 61.3 Å². The van der Waals surface area contributed by atoms with E-state index in [9.17, 15) is 57.3 Å². The number of nitrogens with one attached hydrogen (secondary N) is 3. The van der Waals surface area contributed by atoms with Crippen molar-refractivity contribution in [1.29, 1.82) is 0 Å². The molecule has 460 valence electrons. The van der Waals surface area contributed by atoms with E-state index in [-0.39, 0.29) is 62.6 Å². The number of thiophene rings is 1. The van der Waals surface area contributed by atoms with Crippen LogP contribution in [-0.4, -0.2) is 180 Å². The topological polar surface area (TPSA) is 312 Å². The van der Waals surface area contributed by atoms with Crippen LogP contribution in [0, 0.1) is 17.0 Å². The summed E-state index contributed by atoms with van der Waals surface area (Å²) in [5.74, 6) is -4.78. The summed E-state index contributed by atoms with van der Waals surface area (Å²) in [5.41, 5.74) is 3.23. The van der Waals surface area contributed by atoms with E-state index < -0.39 is 87.8 Å². The zero-order valence-electron chi connectivity index (χ0n) is 47.9. The number of quaternary nitrogens is 1. The number of allylic oxidation sites excluding steroid dienone is 2. The molecule has 2 aliphatic heterocycles. The first kappa shape index (κ1) is 64.8. The second-order valence-electron chi connectivity index (χ2n) is 21.3. The van der Waals surface area contributed by atoms with Crippen molar-refractivity contribution in [2.75, 3.05) is 79.9 Å². The summed E-state index contributed by atoms with van der Waals surface area (Å²) in [7, 11) is 3.21. The van der Waals surface area contributed by atoms with E-state index >= 15 is 8.63 Å². The van der Waals surface area contributed by atoms with Gasteiger partial charge in [-0.3, -0.25) is 29.1 Å². The first-order chi connectivity index (χ1) is 40.6. The van der Waals surface area contributed by atoms with E-state index in [1.807, 2.05) is 36.6 Å². The molecule has 3 amide bonds. The average Bonchev–Trinajstić information content (AvgIpc) is 1.55. The molecular formula is C56H67BF2N9O16S2+. The van der Waals surface area contributed by atoms with E-state index in [0.29, 0.717) is 51.5 Å². The summed E-state index contributed by atoms with van der Waals surface area (Å²) in [6, 6.07) is 14.8. The first-order valence-electron chi connectivity index (χ1n) is 27.1. The number of aldehydes is 1. The number of aromatic hydroxyl groups is 2. The maximum Gasteiger partial charge on any atom is 0.737 e. The maximum absolute atomic E-state index is 17.0. The molecule has 2 aromatic carbocycles. The molecule has 5 aromatic rings. The van der Waals surface area contributed by atoms with E-state index in [1.165, 1.54) is 22.7 Å². The summed E-state index contributed by atoms with van der Waals surface area (Å²) in [5, 5.41) is 40.1. The van der Waals surface area contributed by atoms with Crippen molar-refractivity contribution >= 4 is 88.2 Å². The van der Waals surface area contributed by atoms with Gasteiger partial charge >= 0.3 is 19.0 Å². The fraction of sp³-hybridized carbons (Fsp3) is 0.357. The van der Waals surface area contributed by atoms with E-state index in [2.05, 4.69) is 37.1 Å². The number of nitro benzene ring substituents is 1. The predicted molar refractivity (Wildman–Crippen MR) is 315 cm³/mol. The van der Waals surface area contributed by atoms with Gasteiger partial charge in [0.15, 0.2) is 17.7 Å². The molecule has 0 spiro atoms. The van der Waals surface area contributed by atoms with Gasteiger partial charge in [0.1, 0.15) is 42.5 Å². The van der Waals surface area contributed by atoms with Crippen molar-refractivity contribution in [3.63, 3.8) is 0 Å². The number of ether oxygens (including phenoxy) is 3. The van der Waals surface area contributed by atoms with Gasteiger partial charge in [-0.2, -0.15) is 8.42 Å². The average molecular weight is 1240 g/mol. The van der Waals surface area contributed by atoms with Crippen LogP contribution < -0.4 is 30.3 Å². The molecular weight excluding hydrogens is 1170 g/mol. The van der Waals surface area contributed by atoms with Crippen molar-refractivity contribution in [2.24, 2.45) is 0 Å². The summed E-state index contributed by atoms with van der Waals surface area (Å²) in [6.07, 6.45) is 6.50. The van der Waals surface area contributed by atoms with Crippen LogP contribution in [0.5, 0.6) is 23.3 Å². The van der Waals surface area contributed by atoms with Crippen molar-refractivity contribution < 1.29 is 88.7 Å². The Morgan fingerprint density at radius 3 is 2.34 bits per heavy atom. The number of halogens is 2. The highest BCUT2D eigenvalue weighted by molar-refractivity contribution is 7.85. The number of rotatable bonds is 30. The summed E-state index contributed by atoms with van der Waals surface area (Å²) in [6.45, 7) is -0.965. The normalized spacial score (nSPS) is 14.4. The number of carbonyl (C=O) groups is 5. The lowest BCUT2D eigenvalue weighted by molar-refractivity contribution is -0.870. The van der Waals surface area contributed by atoms with Crippen LogP contribution in [0.3, 0.4) is 0 Å². The number of fused-ring (bicyclic) bond motifs is 2. The lowest BCUT2D eigenvalue weighted by Gasteiger charge is -2.31. The number of likely N-dealkylation sites (N-methyl/N-ethyl adjacent to an activating group) is 1. The van der Waals surface area contributed by atoms with Gasteiger partial charge in [-0.25, -0.2) is 9.59 Å². The monoisotopic (exact) mass is 1230 g/mol. The lowest BCUT2D eigenvalue weighted by Crippen LogP contribution is -2.51. The molecule has 30 heteroatoms. The molecule has 0 aliphatic carbocycles. The van der Waals surface area contributed by atoms with Gasteiger partial charge in [0.2, 0.25) is 23.6 Å². The summed E-state index contributed by atoms with van der Waals surface area (Å²) in [4.78, 5) is 81.0. The maximum atomic E-state index is 17.0. The standard InChI is InChI=1S/C56H66BF2N9O16S2/c1-36-28-41(64-45(36)31-46-39(10-7-24-68(4,5)6)30-48(50-11-9-27-85-50)65(46)57(64,58)59)16-13-38-14-17-42(18-15-38)81-25-8-12-51(70)62-44(35-86(78,79)80)55(74)60-21-22-63(3)23-26-82-49-32-47(67(76)77)43(29-40(49)34-69)37(2)83-56(75)61-33-54(73)84-66-52(71)19-20-53(66)72/h9,11,13-20,27-32,34,37,44H,7-8,10,12,21-26,33,35H2,1-6H3,(H5-,60,61,62,70,71,72,74,75,78,79,80)/p+1. The minimum Gasteiger partial charge on any atom is -0.494 e. The van der Waals surface area contributed by atoms with Gasteiger partial charge < -0.3 is 72.2 Å². The minimum absolute atomic E-state index is 0.0534. The molecule has 7 rings (SSSR count). The molecule has 0 saturated heterocycles. The van der Waals surface area contributed by atoms with Gasteiger partial charge in [-0.1, -0.05) is 24.3 Å². The number of hydrogen-bond donors (Lipinski definition) is 6. The third-order valence-electron chi connectivity index (χ3n) is 13.7. The number of hydrogen-bond acceptors (Lipinski definition) is 17. The predicted octanol–water partition coefficient (Wildman–Crippen LogP) is 5.57. The van der Waals surface area contributed by atoms with Crippen LogP contribution in [0.4, 0.5) is 19.1 Å². The number of nitrogens with zero attached hydrogens (tertiary/aromatic N) is 6. The quantitative estimate of drug-likeness (QED) is 0.00623. The molecule has 2 atom stereocenters. The smallest absolute Gasteiger partial charge is 0.494 e. The van der Waals surface area contributed by atoms with Gasteiger partial charge in [-0.15, -0.1) is 16.1 Å². The molecule has 5 heterocycles. The molecule has 0 fully saturated rings. The Labute approximate surface area is 497 Å². The molecule has 25 nitrogen and oxygen atoms in total. The van der Waals surface area contributed by atoms with E-state index in [0.717, 1.165) is 62.2 Å². The zero-order chi connectivity index (χ0) is 62.7. The Morgan fingerprint density at radius 1 is 0.965 bits per heavy atom. The lowest BCUT2D eigenvalue weighted by atomic mass is 9.88. The van der Waals surface area contributed by atoms with Gasteiger partial charge in [-0.05, 0) is 86.7 Å². The zero-order valence-corrected chi connectivity index (χ0v) is 49.6. The van der Waals surface area contributed by atoms with Crippen molar-refractivity contribution in [1.82, 2.24) is 30.1 Å². The number of alkyl carbamates (subject to hydrolysis) is 1. The van der Waals surface area contributed by atoms with Crippen LogP contribution >= 0.6 is 11.3 Å². The second kappa shape index (κ2) is 28.0. The Balaban J connectivity index is 0.848. The second-order valence-corrected chi connectivity index (χ2v) is 23.8. The van der Waals surface area contributed by atoms with Crippen LogP contribution in [-0.2, 0) is 29.2 Å². The number of aryl methyl sites for hydroxylation is 1. The fourth-order valence-corrected chi connectivity index (χ4v) is 10.8. The highest BCUT2D eigenvalue weighted by Crippen LogP contribution is 2.40. The number of aromatic nitrogens is 2. The van der Waals surface area contributed by atoms with E-state index in [4.69, 9.17) is 19.0 Å². The summed E-state index contributed by atoms with van der Waals surface area (Å²) >= 11 is 1.42. The Bertz CT molecular complexity index is 3580. The number of nitro groups is 1. The SMILES string of the molecule is Cc1cc(C=Cc2ccc(OCCCC(=O)NC(CS(=O)(=O)O)C(=O)NCCN(C)CCOc3cc([N+](=O)[O-])c(C(C)OC(=O)NCC(=O)On4c(O)ccc4O)cc3C=O)cc2)n2c1C=C1C(CCC[N+](C)(C)C)=CC(c3cccs3)=[N+]1[B-]2(F)F. The van der Waals surface area contributed by atoms with Crippen LogP contribution in [0.15, 0.2) is 89.5 Å². The number of amides is 3. The summed E-state index contributed by atoms with van der Waals surface area (Å²) < 4.78 is 87.6. The first-order valence-corrected chi connectivity index (χ1v) is 29.6. The third kappa shape index (κ3) is 17.0.